The van der Waals surface area contributed by atoms with E-state index in [9.17, 15) is 8.42 Å². The zero-order chi connectivity index (χ0) is 19.7. The number of benzene rings is 2. The van der Waals surface area contributed by atoms with E-state index in [1.807, 2.05) is 48.5 Å². The summed E-state index contributed by atoms with van der Waals surface area (Å²) in [4.78, 5) is 0.321. The van der Waals surface area contributed by atoms with Gasteiger partial charge in [0.1, 0.15) is 5.75 Å². The predicted octanol–water partition coefficient (Wildman–Crippen LogP) is 5.54. The second-order valence-corrected chi connectivity index (χ2v) is 8.76. The number of hydrogen-bond acceptors (Lipinski definition) is 3. The van der Waals surface area contributed by atoms with Crippen molar-refractivity contribution in [2.24, 2.45) is 0 Å². The number of hydrogen-bond donors (Lipinski definition) is 0. The summed E-state index contributed by atoms with van der Waals surface area (Å²) in [6.07, 6.45) is 1.22. The topological polar surface area (TPSA) is 43.4 Å². The van der Waals surface area contributed by atoms with Gasteiger partial charge >= 0.3 is 0 Å². The monoisotopic (exact) mass is 388 g/mol. The summed E-state index contributed by atoms with van der Waals surface area (Å²) in [5, 5.41) is 0. The van der Waals surface area contributed by atoms with Crippen LogP contribution in [0, 0.1) is 0 Å². The molecule has 0 aliphatic heterocycles. The average molecular weight is 388 g/mol. The van der Waals surface area contributed by atoms with Crippen molar-refractivity contribution in [2.45, 2.75) is 4.90 Å². The van der Waals surface area contributed by atoms with Crippen molar-refractivity contribution < 1.29 is 13.2 Å². The first-order valence-electron chi connectivity index (χ1n) is 8.94. The van der Waals surface area contributed by atoms with Gasteiger partial charge in [-0.1, -0.05) is 54.6 Å². The SMILES string of the molecule is COc1cccc(-c2c3cccccc-3cc2-c2ccc(S(C)(=O)=O)cc2)c1. The Morgan fingerprint density at radius 2 is 1.39 bits per heavy atom. The lowest BCUT2D eigenvalue weighted by molar-refractivity contribution is 0.415. The van der Waals surface area contributed by atoms with Gasteiger partial charge in [-0.3, -0.25) is 0 Å². The van der Waals surface area contributed by atoms with E-state index in [0.29, 0.717) is 4.90 Å². The van der Waals surface area contributed by atoms with E-state index in [-0.39, 0.29) is 0 Å². The molecule has 2 aliphatic carbocycles. The van der Waals surface area contributed by atoms with Gasteiger partial charge in [-0.25, -0.2) is 8.42 Å². The van der Waals surface area contributed by atoms with Crippen LogP contribution in [-0.4, -0.2) is 21.8 Å². The number of ether oxygens (including phenoxy) is 1. The Balaban J connectivity index is 1.96. The molecule has 0 heterocycles. The third-order valence-electron chi connectivity index (χ3n) is 4.86. The third-order valence-corrected chi connectivity index (χ3v) is 5.99. The zero-order valence-electron chi connectivity index (χ0n) is 15.7. The molecule has 4 heteroatoms. The Kier molecular flexibility index (Phi) is 4.65. The van der Waals surface area contributed by atoms with Crippen molar-refractivity contribution in [3.63, 3.8) is 0 Å². The molecule has 0 amide bonds. The molecule has 28 heavy (non-hydrogen) atoms. The standard InChI is InChI=1S/C24H20O3S/c1-27-20-9-6-8-19(15-20)24-22-10-5-3-4-7-18(22)16-23(24)17-11-13-21(14-12-17)28(2,25)26/h3-16H,1-2H3. The van der Waals surface area contributed by atoms with Gasteiger partial charge < -0.3 is 4.74 Å². The Bertz CT molecular complexity index is 1210. The molecule has 2 aromatic carbocycles. The highest BCUT2D eigenvalue weighted by Crippen LogP contribution is 2.44. The predicted molar refractivity (Wildman–Crippen MR) is 114 cm³/mol. The lowest BCUT2D eigenvalue weighted by Crippen LogP contribution is -1.96. The molecule has 0 radical (unpaired) electrons. The van der Waals surface area contributed by atoms with E-state index >= 15 is 0 Å². The van der Waals surface area contributed by atoms with Gasteiger partial charge in [0.25, 0.3) is 0 Å². The van der Waals surface area contributed by atoms with E-state index in [0.717, 1.165) is 39.1 Å². The Labute approximate surface area is 165 Å². The molecule has 0 atom stereocenters. The van der Waals surface area contributed by atoms with Gasteiger partial charge in [-0.05, 0) is 63.7 Å². The molecule has 0 unspecified atom stereocenters. The van der Waals surface area contributed by atoms with Crippen LogP contribution in [0.2, 0.25) is 0 Å². The van der Waals surface area contributed by atoms with E-state index in [2.05, 4.69) is 24.3 Å². The fourth-order valence-electron chi connectivity index (χ4n) is 3.49. The molecular weight excluding hydrogens is 368 g/mol. The fraction of sp³-hybridized carbons (Fsp3) is 0.0833. The molecule has 0 saturated carbocycles. The lowest BCUT2D eigenvalue weighted by atomic mass is 9.96. The molecule has 2 aromatic rings. The van der Waals surface area contributed by atoms with Crippen LogP contribution in [0.1, 0.15) is 0 Å². The van der Waals surface area contributed by atoms with Crippen molar-refractivity contribution in [2.75, 3.05) is 13.4 Å². The van der Waals surface area contributed by atoms with Gasteiger partial charge in [0.05, 0.1) is 12.0 Å². The number of methoxy groups -OCH3 is 1. The maximum atomic E-state index is 11.8. The highest BCUT2D eigenvalue weighted by Gasteiger charge is 2.19. The molecule has 0 bridgehead atoms. The first kappa shape index (κ1) is 18.3. The van der Waals surface area contributed by atoms with Crippen molar-refractivity contribution in [1.82, 2.24) is 0 Å². The molecule has 2 aliphatic rings. The minimum atomic E-state index is -3.22. The molecule has 4 rings (SSSR count). The van der Waals surface area contributed by atoms with Crippen LogP contribution < -0.4 is 4.74 Å². The Hall–Kier alpha value is -3.11. The van der Waals surface area contributed by atoms with Crippen molar-refractivity contribution in [3.05, 3.63) is 84.9 Å². The Morgan fingerprint density at radius 1 is 0.679 bits per heavy atom. The normalized spacial score (nSPS) is 11.5. The van der Waals surface area contributed by atoms with Gasteiger partial charge in [0.2, 0.25) is 0 Å². The Morgan fingerprint density at radius 3 is 2.11 bits per heavy atom. The van der Waals surface area contributed by atoms with Crippen LogP contribution in [0.5, 0.6) is 5.75 Å². The number of fused-ring (bicyclic) bond motifs is 1. The van der Waals surface area contributed by atoms with E-state index in [4.69, 9.17) is 4.74 Å². The smallest absolute Gasteiger partial charge is 0.175 e. The molecular formula is C24H20O3S. The summed E-state index contributed by atoms with van der Waals surface area (Å²) < 4.78 is 29.0. The van der Waals surface area contributed by atoms with E-state index in [1.54, 1.807) is 19.2 Å². The lowest BCUT2D eigenvalue weighted by Gasteiger charge is -2.10. The molecule has 0 N–H and O–H groups in total. The molecule has 0 saturated heterocycles. The third kappa shape index (κ3) is 3.39. The second-order valence-electron chi connectivity index (χ2n) is 6.74. The van der Waals surface area contributed by atoms with Gasteiger partial charge in [-0.15, -0.1) is 0 Å². The maximum Gasteiger partial charge on any atom is 0.175 e. The van der Waals surface area contributed by atoms with Crippen LogP contribution in [-0.2, 0) is 9.84 Å². The van der Waals surface area contributed by atoms with Crippen LogP contribution >= 0.6 is 0 Å². The summed E-state index contributed by atoms with van der Waals surface area (Å²) in [5.41, 5.74) is 6.48. The minimum Gasteiger partial charge on any atom is -0.497 e. The molecule has 0 fully saturated rings. The maximum absolute atomic E-state index is 11.8. The fourth-order valence-corrected chi connectivity index (χ4v) is 4.12. The molecule has 3 nitrogen and oxygen atoms in total. The van der Waals surface area contributed by atoms with Crippen molar-refractivity contribution >= 4 is 9.84 Å². The first-order chi connectivity index (χ1) is 13.5. The van der Waals surface area contributed by atoms with Crippen LogP contribution in [0.25, 0.3) is 33.4 Å². The summed E-state index contributed by atoms with van der Waals surface area (Å²) >= 11 is 0. The number of sulfone groups is 1. The summed E-state index contributed by atoms with van der Waals surface area (Å²) in [6, 6.07) is 27.5. The number of rotatable bonds is 4. The van der Waals surface area contributed by atoms with Gasteiger partial charge in [-0.2, -0.15) is 0 Å². The summed E-state index contributed by atoms with van der Waals surface area (Å²) in [7, 11) is -1.56. The highest BCUT2D eigenvalue weighted by molar-refractivity contribution is 7.90. The molecule has 0 aromatic heterocycles. The van der Waals surface area contributed by atoms with E-state index in [1.165, 1.54) is 6.26 Å². The van der Waals surface area contributed by atoms with Crippen molar-refractivity contribution in [1.29, 1.82) is 0 Å². The largest absolute Gasteiger partial charge is 0.497 e. The summed E-state index contributed by atoms with van der Waals surface area (Å²) in [6.45, 7) is 0. The quantitative estimate of drug-likeness (QED) is 0.461. The van der Waals surface area contributed by atoms with Crippen LogP contribution in [0.4, 0.5) is 0 Å². The van der Waals surface area contributed by atoms with Crippen LogP contribution in [0.15, 0.2) is 89.8 Å². The molecule has 0 spiro atoms. The van der Waals surface area contributed by atoms with Gasteiger partial charge in [0.15, 0.2) is 9.84 Å². The van der Waals surface area contributed by atoms with Crippen molar-refractivity contribution in [3.8, 4) is 39.1 Å². The minimum absolute atomic E-state index is 0.321. The van der Waals surface area contributed by atoms with Crippen LogP contribution in [0.3, 0.4) is 0 Å². The highest BCUT2D eigenvalue weighted by atomic mass is 32.2. The second kappa shape index (κ2) is 7.13. The van der Waals surface area contributed by atoms with E-state index < -0.39 is 9.84 Å². The van der Waals surface area contributed by atoms with Gasteiger partial charge in [0, 0.05) is 6.26 Å². The molecule has 140 valence electrons. The average Bonchev–Trinajstić information content (AvgIpc) is 2.90. The zero-order valence-corrected chi connectivity index (χ0v) is 16.5. The summed E-state index contributed by atoms with van der Waals surface area (Å²) in [5.74, 6) is 0.797. The first-order valence-corrected chi connectivity index (χ1v) is 10.8.